The first kappa shape index (κ1) is 12.3. The third-order valence-electron chi connectivity index (χ3n) is 3.13. The Morgan fingerprint density at radius 3 is 3.05 bits per heavy atom. The molecule has 0 atom stereocenters. The van der Waals surface area contributed by atoms with Crippen LogP contribution >= 0.6 is 11.6 Å². The van der Waals surface area contributed by atoms with E-state index in [0.29, 0.717) is 0 Å². The second-order valence-electron chi connectivity index (χ2n) is 4.63. The maximum Gasteiger partial charge on any atom is 0.0534 e. The fourth-order valence-corrected chi connectivity index (χ4v) is 2.38. The average molecular weight is 275 g/mol. The lowest BCUT2D eigenvalue weighted by atomic mass is 10.2. The van der Waals surface area contributed by atoms with Crippen molar-refractivity contribution in [2.24, 2.45) is 7.05 Å². The lowest BCUT2D eigenvalue weighted by Gasteiger charge is -2.02. The molecule has 19 heavy (non-hydrogen) atoms. The summed E-state index contributed by atoms with van der Waals surface area (Å²) in [6, 6.07) is 5.92. The zero-order valence-electron chi connectivity index (χ0n) is 10.7. The molecule has 3 aromatic rings. The Bertz CT molecular complexity index is 698. The molecule has 0 radical (unpaired) electrons. The molecule has 0 bridgehead atoms. The highest BCUT2D eigenvalue weighted by Gasteiger charge is 2.04. The van der Waals surface area contributed by atoms with Gasteiger partial charge in [-0.25, -0.2) is 0 Å². The van der Waals surface area contributed by atoms with Crippen molar-refractivity contribution in [3.05, 3.63) is 52.9 Å². The minimum atomic E-state index is 0.754. The zero-order valence-corrected chi connectivity index (χ0v) is 11.4. The molecule has 0 fully saturated rings. The minimum absolute atomic E-state index is 0.754. The molecule has 5 heteroatoms. The molecule has 1 aromatic carbocycles. The largest absolute Gasteiger partial charge is 0.361 e. The van der Waals surface area contributed by atoms with Gasteiger partial charge in [0.05, 0.1) is 6.20 Å². The molecule has 0 aliphatic rings. The lowest BCUT2D eigenvalue weighted by molar-refractivity contribution is 0.695. The molecule has 3 rings (SSSR count). The molecule has 2 heterocycles. The number of benzene rings is 1. The van der Waals surface area contributed by atoms with E-state index < -0.39 is 0 Å². The number of H-pyrrole nitrogens is 1. The first-order chi connectivity index (χ1) is 9.22. The molecule has 0 amide bonds. The highest BCUT2D eigenvalue weighted by atomic mass is 35.5. The Morgan fingerprint density at radius 1 is 1.37 bits per heavy atom. The summed E-state index contributed by atoms with van der Waals surface area (Å²) in [6.45, 7) is 1.63. The molecule has 0 saturated heterocycles. The van der Waals surface area contributed by atoms with Crippen molar-refractivity contribution in [3.63, 3.8) is 0 Å². The molecule has 0 aliphatic carbocycles. The van der Waals surface area contributed by atoms with Crippen LogP contribution in [0, 0.1) is 0 Å². The number of aryl methyl sites for hydroxylation is 1. The number of fused-ring (bicyclic) bond motifs is 1. The van der Waals surface area contributed by atoms with E-state index in [1.807, 2.05) is 42.5 Å². The summed E-state index contributed by atoms with van der Waals surface area (Å²) in [5, 5.41) is 9.53. The van der Waals surface area contributed by atoms with Crippen LogP contribution in [0.4, 0.5) is 0 Å². The van der Waals surface area contributed by atoms with Crippen LogP contribution in [0.2, 0.25) is 5.02 Å². The molecule has 0 spiro atoms. The number of aromatic amines is 1. The molecule has 0 saturated carbocycles. The fourth-order valence-electron chi connectivity index (χ4n) is 2.21. The number of hydrogen-bond donors (Lipinski definition) is 2. The van der Waals surface area contributed by atoms with Gasteiger partial charge in [0.2, 0.25) is 0 Å². The van der Waals surface area contributed by atoms with Gasteiger partial charge in [0.1, 0.15) is 0 Å². The molecule has 2 aromatic heterocycles. The summed E-state index contributed by atoms with van der Waals surface area (Å²) in [6.07, 6.45) is 5.92. The number of halogens is 1. The summed E-state index contributed by atoms with van der Waals surface area (Å²) in [7, 11) is 1.92. The van der Waals surface area contributed by atoms with Crippen molar-refractivity contribution >= 4 is 22.5 Å². The summed E-state index contributed by atoms with van der Waals surface area (Å²) >= 11 is 5.97. The van der Waals surface area contributed by atoms with Crippen LogP contribution in [0.3, 0.4) is 0 Å². The van der Waals surface area contributed by atoms with Gasteiger partial charge in [-0.1, -0.05) is 17.7 Å². The van der Waals surface area contributed by atoms with Gasteiger partial charge in [-0.2, -0.15) is 5.10 Å². The van der Waals surface area contributed by atoms with E-state index in [2.05, 4.69) is 21.5 Å². The summed E-state index contributed by atoms with van der Waals surface area (Å²) in [5.74, 6) is 0. The average Bonchev–Trinajstić information content (AvgIpc) is 2.96. The molecule has 2 N–H and O–H groups in total. The monoisotopic (exact) mass is 274 g/mol. The maximum absolute atomic E-state index is 5.97. The number of nitrogens with one attached hydrogen (secondary N) is 2. The Labute approximate surface area is 116 Å². The van der Waals surface area contributed by atoms with E-state index in [1.165, 1.54) is 16.5 Å². The second-order valence-corrected chi connectivity index (χ2v) is 5.07. The van der Waals surface area contributed by atoms with Gasteiger partial charge in [0.15, 0.2) is 0 Å². The molecule has 0 unspecified atom stereocenters. The van der Waals surface area contributed by atoms with E-state index in [-0.39, 0.29) is 0 Å². The smallest absolute Gasteiger partial charge is 0.0534 e. The SMILES string of the molecule is Cn1cc(CNCc2c[nH]c3cc(Cl)ccc23)cn1. The Hall–Kier alpha value is -1.78. The number of nitrogens with zero attached hydrogens (tertiary/aromatic N) is 2. The predicted octanol–water partition coefficient (Wildman–Crippen LogP) is 2.84. The second kappa shape index (κ2) is 5.07. The van der Waals surface area contributed by atoms with Crippen LogP contribution < -0.4 is 5.32 Å². The molecule has 0 aliphatic heterocycles. The number of rotatable bonds is 4. The van der Waals surface area contributed by atoms with E-state index in [0.717, 1.165) is 23.6 Å². The number of hydrogen-bond acceptors (Lipinski definition) is 2. The van der Waals surface area contributed by atoms with Crippen molar-refractivity contribution < 1.29 is 0 Å². The van der Waals surface area contributed by atoms with Gasteiger partial charge in [0.25, 0.3) is 0 Å². The molecule has 4 nitrogen and oxygen atoms in total. The van der Waals surface area contributed by atoms with Crippen molar-refractivity contribution in [1.29, 1.82) is 0 Å². The summed E-state index contributed by atoms with van der Waals surface area (Å²) in [4.78, 5) is 3.24. The van der Waals surface area contributed by atoms with Crippen LogP contribution in [0.1, 0.15) is 11.1 Å². The Balaban J connectivity index is 1.68. The van der Waals surface area contributed by atoms with Crippen LogP contribution in [-0.2, 0) is 20.1 Å². The Kier molecular flexibility index (Phi) is 3.27. The molecular formula is C14H15ClN4. The van der Waals surface area contributed by atoms with Crippen LogP contribution in [-0.4, -0.2) is 14.8 Å². The zero-order chi connectivity index (χ0) is 13.2. The minimum Gasteiger partial charge on any atom is -0.361 e. The van der Waals surface area contributed by atoms with Crippen LogP contribution in [0.15, 0.2) is 36.8 Å². The highest BCUT2D eigenvalue weighted by Crippen LogP contribution is 2.21. The quantitative estimate of drug-likeness (QED) is 0.768. The van der Waals surface area contributed by atoms with Crippen molar-refractivity contribution in [2.45, 2.75) is 13.1 Å². The van der Waals surface area contributed by atoms with Gasteiger partial charge in [-0.05, 0) is 17.7 Å². The Morgan fingerprint density at radius 2 is 2.26 bits per heavy atom. The third kappa shape index (κ3) is 2.64. The molecule has 98 valence electrons. The van der Waals surface area contributed by atoms with Crippen LogP contribution in [0.25, 0.3) is 10.9 Å². The first-order valence-corrected chi connectivity index (χ1v) is 6.54. The van der Waals surface area contributed by atoms with E-state index in [1.54, 1.807) is 0 Å². The topological polar surface area (TPSA) is 45.6 Å². The van der Waals surface area contributed by atoms with Crippen LogP contribution in [0.5, 0.6) is 0 Å². The van der Waals surface area contributed by atoms with E-state index in [4.69, 9.17) is 11.6 Å². The van der Waals surface area contributed by atoms with Gasteiger partial charge in [-0.15, -0.1) is 0 Å². The van der Waals surface area contributed by atoms with E-state index >= 15 is 0 Å². The summed E-state index contributed by atoms with van der Waals surface area (Å²) in [5.41, 5.74) is 3.51. The van der Waals surface area contributed by atoms with Gasteiger partial charge in [0, 0.05) is 54.0 Å². The lowest BCUT2D eigenvalue weighted by Crippen LogP contribution is -2.11. The fraction of sp³-hybridized carbons (Fsp3) is 0.214. The summed E-state index contributed by atoms with van der Waals surface area (Å²) < 4.78 is 1.81. The number of aromatic nitrogens is 3. The van der Waals surface area contributed by atoms with Gasteiger partial charge < -0.3 is 10.3 Å². The van der Waals surface area contributed by atoms with Crippen molar-refractivity contribution in [3.8, 4) is 0 Å². The normalized spacial score (nSPS) is 11.3. The van der Waals surface area contributed by atoms with Crippen molar-refractivity contribution in [2.75, 3.05) is 0 Å². The third-order valence-corrected chi connectivity index (χ3v) is 3.37. The standard InChI is InChI=1S/C14H15ClN4/c1-19-9-10(6-18-19)5-16-7-11-8-17-14-4-12(15)2-3-13(11)14/h2-4,6,8-9,16-17H,5,7H2,1H3. The predicted molar refractivity (Wildman–Crippen MR) is 77.1 cm³/mol. The van der Waals surface area contributed by atoms with Gasteiger partial charge >= 0.3 is 0 Å². The maximum atomic E-state index is 5.97. The molecular weight excluding hydrogens is 260 g/mol. The highest BCUT2D eigenvalue weighted by molar-refractivity contribution is 6.31. The van der Waals surface area contributed by atoms with Gasteiger partial charge in [-0.3, -0.25) is 4.68 Å². The van der Waals surface area contributed by atoms with E-state index in [9.17, 15) is 0 Å². The van der Waals surface area contributed by atoms with Crippen molar-refractivity contribution in [1.82, 2.24) is 20.1 Å². The first-order valence-electron chi connectivity index (χ1n) is 6.16.